The minimum absolute atomic E-state index is 0.0402. The predicted octanol–water partition coefficient (Wildman–Crippen LogP) is 6.65. The molecule has 1 aliphatic rings. The van der Waals surface area contributed by atoms with Gasteiger partial charge in [0.1, 0.15) is 0 Å². The van der Waals surface area contributed by atoms with Gasteiger partial charge in [0, 0.05) is 40.7 Å². The van der Waals surface area contributed by atoms with Crippen molar-refractivity contribution < 1.29 is 9.72 Å². The van der Waals surface area contributed by atoms with Crippen LogP contribution < -0.4 is 0 Å². The van der Waals surface area contributed by atoms with Crippen molar-refractivity contribution in [3.05, 3.63) is 90.0 Å². The first-order valence-corrected chi connectivity index (χ1v) is 11.8. The van der Waals surface area contributed by atoms with E-state index in [0.29, 0.717) is 20.8 Å². The number of hydrogen-bond acceptors (Lipinski definition) is 5. The normalized spacial score (nSPS) is 16.3. The van der Waals surface area contributed by atoms with E-state index in [4.69, 9.17) is 11.6 Å². The van der Waals surface area contributed by atoms with Gasteiger partial charge in [-0.2, -0.15) is 0 Å². The molecule has 4 rings (SSSR count). The molecule has 3 aromatic rings. The monoisotopic (exact) mass is 544 g/mol. The van der Waals surface area contributed by atoms with E-state index in [1.807, 2.05) is 42.7 Å². The molecule has 33 heavy (non-hydrogen) atoms. The van der Waals surface area contributed by atoms with Gasteiger partial charge in [0.05, 0.1) is 20.5 Å². The first-order valence-electron chi connectivity index (χ1n) is 9.81. The summed E-state index contributed by atoms with van der Waals surface area (Å²) in [4.78, 5) is 30.0. The van der Waals surface area contributed by atoms with Crippen LogP contribution in [0.4, 0.5) is 11.4 Å². The minimum atomic E-state index is -0.421. The van der Waals surface area contributed by atoms with Crippen LogP contribution in [0, 0.1) is 24.0 Å². The van der Waals surface area contributed by atoms with Crippen LogP contribution >= 0.6 is 39.3 Å². The molecule has 1 amide bonds. The SMILES string of the molecule is Cc1cc(/C=C2/SC(=Nc3ccc(Br)c(Cl)c3)N(C)C2=O)c(C)n1-c1ccc([N+](=O)[O-])cc1. The molecule has 0 spiro atoms. The zero-order valence-electron chi connectivity index (χ0n) is 17.9. The summed E-state index contributed by atoms with van der Waals surface area (Å²) in [5, 5.41) is 12.1. The Morgan fingerprint density at radius 1 is 1.15 bits per heavy atom. The summed E-state index contributed by atoms with van der Waals surface area (Å²) in [7, 11) is 1.69. The van der Waals surface area contributed by atoms with E-state index in [-0.39, 0.29) is 11.6 Å². The lowest BCUT2D eigenvalue weighted by molar-refractivity contribution is -0.384. The summed E-state index contributed by atoms with van der Waals surface area (Å²) in [6, 6.07) is 13.7. The Morgan fingerprint density at radius 3 is 2.48 bits per heavy atom. The number of benzene rings is 2. The number of aromatic nitrogens is 1. The molecule has 2 heterocycles. The van der Waals surface area contributed by atoms with Crippen LogP contribution in [-0.4, -0.2) is 32.5 Å². The molecule has 1 saturated heterocycles. The minimum Gasteiger partial charge on any atom is -0.318 e. The van der Waals surface area contributed by atoms with E-state index >= 15 is 0 Å². The Bertz CT molecular complexity index is 1350. The number of rotatable bonds is 4. The molecule has 7 nitrogen and oxygen atoms in total. The molecule has 0 atom stereocenters. The highest BCUT2D eigenvalue weighted by molar-refractivity contribution is 9.10. The van der Waals surface area contributed by atoms with Gasteiger partial charge in [0.25, 0.3) is 11.6 Å². The number of amidine groups is 1. The average Bonchev–Trinajstić information content (AvgIpc) is 3.20. The zero-order valence-corrected chi connectivity index (χ0v) is 21.0. The van der Waals surface area contributed by atoms with Gasteiger partial charge in [0.2, 0.25) is 0 Å². The molecule has 10 heteroatoms. The molecule has 0 bridgehead atoms. The number of hydrogen-bond donors (Lipinski definition) is 0. The van der Waals surface area contributed by atoms with Gasteiger partial charge in [-0.05, 0) is 89.6 Å². The van der Waals surface area contributed by atoms with Gasteiger partial charge in [-0.3, -0.25) is 19.8 Å². The third-order valence-corrected chi connectivity index (χ3v) is 7.50. The number of non-ortho nitro benzene ring substituents is 1. The van der Waals surface area contributed by atoms with Crippen molar-refractivity contribution in [1.82, 2.24) is 9.47 Å². The number of nitro benzene ring substituents is 1. The lowest BCUT2D eigenvalue weighted by atomic mass is 10.2. The molecule has 1 fully saturated rings. The standard InChI is InChI=1S/C23H18BrClN4O3S/c1-13-10-15(14(2)28(13)17-5-7-18(8-6-17)29(31)32)11-21-22(30)27(3)23(33-21)26-16-4-9-19(24)20(25)12-16/h4-12H,1-3H3/b21-11+,26-23?. The van der Waals surface area contributed by atoms with Crippen molar-refractivity contribution in [2.75, 3.05) is 7.05 Å². The number of halogens is 2. The summed E-state index contributed by atoms with van der Waals surface area (Å²) < 4.78 is 2.78. The summed E-state index contributed by atoms with van der Waals surface area (Å²) in [6.45, 7) is 3.91. The van der Waals surface area contributed by atoms with Crippen LogP contribution in [0.1, 0.15) is 17.0 Å². The molecule has 0 aliphatic carbocycles. The topological polar surface area (TPSA) is 80.7 Å². The van der Waals surface area contributed by atoms with Gasteiger partial charge < -0.3 is 4.57 Å². The van der Waals surface area contributed by atoms with E-state index in [1.54, 1.807) is 25.2 Å². The van der Waals surface area contributed by atoms with Crippen molar-refractivity contribution in [2.24, 2.45) is 4.99 Å². The summed E-state index contributed by atoms with van der Waals surface area (Å²) in [6.07, 6.45) is 1.85. The second-order valence-electron chi connectivity index (χ2n) is 7.40. The van der Waals surface area contributed by atoms with E-state index in [0.717, 1.165) is 27.1 Å². The van der Waals surface area contributed by atoms with E-state index in [9.17, 15) is 14.9 Å². The lowest BCUT2D eigenvalue weighted by Crippen LogP contribution is -2.23. The maximum Gasteiger partial charge on any atom is 0.269 e. The van der Waals surface area contributed by atoms with Crippen LogP contribution in [0.5, 0.6) is 0 Å². The zero-order chi connectivity index (χ0) is 23.9. The Labute approximate surface area is 208 Å². The van der Waals surface area contributed by atoms with Crippen molar-refractivity contribution in [1.29, 1.82) is 0 Å². The molecule has 0 N–H and O–H groups in total. The van der Waals surface area contributed by atoms with Crippen LogP contribution in [0.2, 0.25) is 5.02 Å². The fraction of sp³-hybridized carbons (Fsp3) is 0.130. The first-order chi connectivity index (χ1) is 15.7. The molecule has 168 valence electrons. The molecule has 2 aromatic carbocycles. The molecule has 0 radical (unpaired) electrons. The summed E-state index contributed by atoms with van der Waals surface area (Å²) in [5.41, 5.74) is 4.28. The van der Waals surface area contributed by atoms with Crippen LogP contribution in [0.3, 0.4) is 0 Å². The van der Waals surface area contributed by atoms with E-state index in [1.165, 1.54) is 28.8 Å². The average molecular weight is 546 g/mol. The number of nitro groups is 1. The Balaban J connectivity index is 1.66. The fourth-order valence-corrected chi connectivity index (χ4v) is 4.91. The molecule has 0 saturated carbocycles. The lowest BCUT2D eigenvalue weighted by Gasteiger charge is -2.09. The second kappa shape index (κ2) is 9.17. The highest BCUT2D eigenvalue weighted by Crippen LogP contribution is 2.35. The molecule has 1 aliphatic heterocycles. The molecule has 0 unspecified atom stereocenters. The highest BCUT2D eigenvalue weighted by atomic mass is 79.9. The van der Waals surface area contributed by atoms with Gasteiger partial charge in [-0.1, -0.05) is 11.6 Å². The van der Waals surface area contributed by atoms with Gasteiger partial charge in [-0.25, -0.2) is 4.99 Å². The van der Waals surface area contributed by atoms with Gasteiger partial charge in [-0.15, -0.1) is 0 Å². The smallest absolute Gasteiger partial charge is 0.269 e. The Kier molecular flexibility index (Phi) is 6.47. The maximum absolute atomic E-state index is 12.9. The van der Waals surface area contributed by atoms with Gasteiger partial charge in [0.15, 0.2) is 5.17 Å². The van der Waals surface area contributed by atoms with Crippen molar-refractivity contribution >= 4 is 67.8 Å². The van der Waals surface area contributed by atoms with Crippen LogP contribution in [0.15, 0.2) is 62.9 Å². The van der Waals surface area contributed by atoms with Gasteiger partial charge >= 0.3 is 0 Å². The Morgan fingerprint density at radius 2 is 1.85 bits per heavy atom. The molecular formula is C23H18BrClN4O3S. The first kappa shape index (κ1) is 23.3. The third kappa shape index (κ3) is 4.62. The number of nitrogens with zero attached hydrogens (tertiary/aromatic N) is 4. The third-order valence-electron chi connectivity index (χ3n) is 5.21. The van der Waals surface area contributed by atoms with Crippen molar-refractivity contribution in [3.63, 3.8) is 0 Å². The highest BCUT2D eigenvalue weighted by Gasteiger charge is 2.30. The number of aliphatic imine (C=N–C) groups is 1. The number of likely N-dealkylation sites (N-methyl/N-ethyl adjacent to an activating group) is 1. The number of carbonyl (C=O) groups is 1. The van der Waals surface area contributed by atoms with E-state index < -0.39 is 4.92 Å². The second-order valence-corrected chi connectivity index (χ2v) is 9.67. The predicted molar refractivity (Wildman–Crippen MR) is 136 cm³/mol. The largest absolute Gasteiger partial charge is 0.318 e. The van der Waals surface area contributed by atoms with E-state index in [2.05, 4.69) is 20.9 Å². The quantitative estimate of drug-likeness (QED) is 0.209. The van der Waals surface area contributed by atoms with Crippen molar-refractivity contribution in [2.45, 2.75) is 13.8 Å². The number of aryl methyl sites for hydroxylation is 1. The Hall–Kier alpha value is -2.88. The molecule has 1 aromatic heterocycles. The molecular weight excluding hydrogens is 528 g/mol. The number of thioether (sulfide) groups is 1. The fourth-order valence-electron chi connectivity index (χ4n) is 3.51. The summed E-state index contributed by atoms with van der Waals surface area (Å²) >= 11 is 10.8. The number of carbonyl (C=O) groups excluding carboxylic acids is 1. The maximum atomic E-state index is 12.9. The van der Waals surface area contributed by atoms with Crippen molar-refractivity contribution in [3.8, 4) is 5.69 Å². The number of amides is 1. The summed E-state index contributed by atoms with van der Waals surface area (Å²) in [5.74, 6) is -0.137. The van der Waals surface area contributed by atoms with Crippen LogP contribution in [0.25, 0.3) is 11.8 Å². The van der Waals surface area contributed by atoms with Crippen LogP contribution in [-0.2, 0) is 4.79 Å².